The fourth-order valence-electron chi connectivity index (χ4n) is 2.43. The topological polar surface area (TPSA) is 58.6 Å². The van der Waals surface area contributed by atoms with Crippen molar-refractivity contribution in [3.05, 3.63) is 29.8 Å². The number of rotatable bonds is 6. The SMILES string of the molecule is COc1cccc(CCNC(=O)CN2CCCCC2=O)c1. The number of hydrogen-bond acceptors (Lipinski definition) is 3. The number of carbonyl (C=O) groups excluding carboxylic acids is 2. The molecule has 0 aromatic heterocycles. The van der Waals surface area contributed by atoms with Gasteiger partial charge in [0.2, 0.25) is 11.8 Å². The van der Waals surface area contributed by atoms with E-state index in [1.54, 1.807) is 12.0 Å². The molecule has 114 valence electrons. The molecule has 1 saturated heterocycles. The van der Waals surface area contributed by atoms with E-state index in [0.717, 1.165) is 30.6 Å². The van der Waals surface area contributed by atoms with Gasteiger partial charge in [-0.15, -0.1) is 0 Å². The number of nitrogens with zero attached hydrogens (tertiary/aromatic N) is 1. The molecule has 1 aromatic carbocycles. The van der Waals surface area contributed by atoms with Crippen LogP contribution >= 0.6 is 0 Å². The molecule has 1 heterocycles. The number of likely N-dealkylation sites (tertiary alicyclic amines) is 1. The molecule has 0 unspecified atom stereocenters. The Kier molecular flexibility index (Phi) is 5.60. The summed E-state index contributed by atoms with van der Waals surface area (Å²) in [5.74, 6) is 0.815. The summed E-state index contributed by atoms with van der Waals surface area (Å²) in [5, 5.41) is 2.86. The Bertz CT molecular complexity index is 502. The lowest BCUT2D eigenvalue weighted by Gasteiger charge is -2.25. The molecule has 1 aromatic rings. The number of ether oxygens (including phenoxy) is 1. The molecule has 5 heteroatoms. The van der Waals surface area contributed by atoms with Gasteiger partial charge in [0.25, 0.3) is 0 Å². The average Bonchev–Trinajstić information content (AvgIpc) is 2.50. The highest BCUT2D eigenvalue weighted by Gasteiger charge is 2.19. The van der Waals surface area contributed by atoms with Crippen LogP contribution in [0.25, 0.3) is 0 Å². The van der Waals surface area contributed by atoms with Crippen LogP contribution in [0.15, 0.2) is 24.3 Å². The van der Waals surface area contributed by atoms with Crippen molar-refractivity contribution in [2.24, 2.45) is 0 Å². The Hall–Kier alpha value is -2.04. The number of benzene rings is 1. The molecule has 0 saturated carbocycles. The molecule has 0 bridgehead atoms. The summed E-state index contributed by atoms with van der Waals surface area (Å²) in [5.41, 5.74) is 1.11. The van der Waals surface area contributed by atoms with Crippen molar-refractivity contribution in [3.8, 4) is 5.75 Å². The van der Waals surface area contributed by atoms with Crippen LogP contribution in [-0.2, 0) is 16.0 Å². The van der Waals surface area contributed by atoms with Crippen molar-refractivity contribution < 1.29 is 14.3 Å². The van der Waals surface area contributed by atoms with E-state index in [1.807, 2.05) is 24.3 Å². The predicted molar refractivity (Wildman–Crippen MR) is 80.1 cm³/mol. The van der Waals surface area contributed by atoms with Gasteiger partial charge in [-0.1, -0.05) is 12.1 Å². The van der Waals surface area contributed by atoms with Crippen LogP contribution < -0.4 is 10.1 Å². The second-order valence-corrected chi connectivity index (χ2v) is 5.22. The summed E-state index contributed by atoms with van der Waals surface area (Å²) < 4.78 is 5.16. The van der Waals surface area contributed by atoms with Gasteiger partial charge in [-0.2, -0.15) is 0 Å². The third-order valence-electron chi connectivity index (χ3n) is 3.63. The summed E-state index contributed by atoms with van der Waals surface area (Å²) in [6, 6.07) is 7.79. The largest absolute Gasteiger partial charge is 0.497 e. The second-order valence-electron chi connectivity index (χ2n) is 5.22. The maximum absolute atomic E-state index is 11.8. The third-order valence-corrected chi connectivity index (χ3v) is 3.63. The van der Waals surface area contributed by atoms with Gasteiger partial charge in [0.05, 0.1) is 13.7 Å². The maximum atomic E-state index is 11.8. The van der Waals surface area contributed by atoms with Gasteiger partial charge in [0.1, 0.15) is 5.75 Å². The molecular formula is C16H22N2O3. The maximum Gasteiger partial charge on any atom is 0.239 e. The molecule has 0 aliphatic carbocycles. The molecule has 1 aliphatic rings. The lowest BCUT2D eigenvalue weighted by atomic mass is 10.1. The molecule has 5 nitrogen and oxygen atoms in total. The lowest BCUT2D eigenvalue weighted by molar-refractivity contribution is -0.137. The summed E-state index contributed by atoms with van der Waals surface area (Å²) in [7, 11) is 1.64. The van der Waals surface area contributed by atoms with E-state index in [0.29, 0.717) is 19.5 Å². The molecule has 2 amide bonds. The highest BCUT2D eigenvalue weighted by Crippen LogP contribution is 2.12. The monoisotopic (exact) mass is 290 g/mol. The molecule has 2 rings (SSSR count). The fourth-order valence-corrected chi connectivity index (χ4v) is 2.43. The number of carbonyl (C=O) groups is 2. The summed E-state index contributed by atoms with van der Waals surface area (Å²) in [6.45, 7) is 1.44. The van der Waals surface area contributed by atoms with Crippen molar-refractivity contribution in [1.29, 1.82) is 0 Å². The highest BCUT2D eigenvalue weighted by molar-refractivity contribution is 5.85. The van der Waals surface area contributed by atoms with Crippen LogP contribution in [0.1, 0.15) is 24.8 Å². The first-order valence-electron chi connectivity index (χ1n) is 7.36. The van der Waals surface area contributed by atoms with Gasteiger partial charge < -0.3 is 15.0 Å². The van der Waals surface area contributed by atoms with E-state index in [2.05, 4.69) is 5.32 Å². The lowest BCUT2D eigenvalue weighted by Crippen LogP contribution is -2.43. The smallest absolute Gasteiger partial charge is 0.239 e. The first-order chi connectivity index (χ1) is 10.2. The zero-order chi connectivity index (χ0) is 15.1. The molecule has 21 heavy (non-hydrogen) atoms. The third kappa shape index (κ3) is 4.77. The van der Waals surface area contributed by atoms with Gasteiger partial charge in [0, 0.05) is 19.5 Å². The Morgan fingerprint density at radius 1 is 1.38 bits per heavy atom. The van der Waals surface area contributed by atoms with Gasteiger partial charge in [-0.25, -0.2) is 0 Å². The Labute approximate surface area is 125 Å². The van der Waals surface area contributed by atoms with Crippen LogP contribution in [-0.4, -0.2) is 43.5 Å². The first-order valence-corrected chi connectivity index (χ1v) is 7.36. The van der Waals surface area contributed by atoms with Crippen molar-refractivity contribution in [2.75, 3.05) is 26.7 Å². The Morgan fingerprint density at radius 3 is 3.00 bits per heavy atom. The van der Waals surface area contributed by atoms with Crippen LogP contribution in [0.4, 0.5) is 0 Å². The van der Waals surface area contributed by atoms with Crippen LogP contribution in [0.5, 0.6) is 5.75 Å². The molecule has 1 N–H and O–H groups in total. The standard InChI is InChI=1S/C16H22N2O3/c1-21-14-6-4-5-13(11-14)8-9-17-15(19)12-18-10-3-2-7-16(18)20/h4-6,11H,2-3,7-10,12H2,1H3,(H,17,19). The first kappa shape index (κ1) is 15.4. The molecular weight excluding hydrogens is 268 g/mol. The molecule has 0 atom stereocenters. The van der Waals surface area contributed by atoms with Crippen molar-refractivity contribution in [1.82, 2.24) is 10.2 Å². The average molecular weight is 290 g/mol. The number of nitrogens with one attached hydrogen (secondary N) is 1. The zero-order valence-electron chi connectivity index (χ0n) is 12.4. The fraction of sp³-hybridized carbons (Fsp3) is 0.500. The van der Waals surface area contributed by atoms with E-state index >= 15 is 0 Å². The van der Waals surface area contributed by atoms with E-state index in [1.165, 1.54) is 0 Å². The van der Waals surface area contributed by atoms with Crippen molar-refractivity contribution >= 4 is 11.8 Å². The summed E-state index contributed by atoms with van der Waals surface area (Å²) in [4.78, 5) is 25.1. The van der Waals surface area contributed by atoms with Gasteiger partial charge in [-0.05, 0) is 37.0 Å². The van der Waals surface area contributed by atoms with Crippen molar-refractivity contribution in [2.45, 2.75) is 25.7 Å². The van der Waals surface area contributed by atoms with Crippen molar-refractivity contribution in [3.63, 3.8) is 0 Å². The molecule has 1 aliphatic heterocycles. The summed E-state index contributed by atoms with van der Waals surface area (Å²) in [6.07, 6.45) is 3.24. The number of piperidine rings is 1. The second kappa shape index (κ2) is 7.67. The highest BCUT2D eigenvalue weighted by atomic mass is 16.5. The zero-order valence-corrected chi connectivity index (χ0v) is 12.4. The molecule has 1 fully saturated rings. The van der Waals surface area contributed by atoms with Crippen LogP contribution in [0.3, 0.4) is 0 Å². The van der Waals surface area contributed by atoms with Gasteiger partial charge in [0.15, 0.2) is 0 Å². The molecule has 0 spiro atoms. The minimum Gasteiger partial charge on any atom is -0.497 e. The Morgan fingerprint density at radius 2 is 2.24 bits per heavy atom. The molecule has 0 radical (unpaired) electrons. The van der Waals surface area contributed by atoms with E-state index < -0.39 is 0 Å². The predicted octanol–water partition coefficient (Wildman–Crippen LogP) is 1.37. The number of methoxy groups -OCH3 is 1. The minimum absolute atomic E-state index is 0.0872. The van der Waals surface area contributed by atoms with Gasteiger partial charge >= 0.3 is 0 Å². The van der Waals surface area contributed by atoms with E-state index in [-0.39, 0.29) is 18.4 Å². The minimum atomic E-state index is -0.0897. The van der Waals surface area contributed by atoms with Gasteiger partial charge in [-0.3, -0.25) is 9.59 Å². The number of hydrogen-bond donors (Lipinski definition) is 1. The van der Waals surface area contributed by atoms with Crippen LogP contribution in [0.2, 0.25) is 0 Å². The van der Waals surface area contributed by atoms with E-state index in [4.69, 9.17) is 4.74 Å². The number of amides is 2. The Balaban J connectivity index is 1.72. The normalized spacial score (nSPS) is 14.9. The quantitative estimate of drug-likeness (QED) is 0.861. The van der Waals surface area contributed by atoms with Crippen LogP contribution in [0, 0.1) is 0 Å². The van der Waals surface area contributed by atoms with E-state index in [9.17, 15) is 9.59 Å². The summed E-state index contributed by atoms with van der Waals surface area (Å²) >= 11 is 0.